The molecule has 1 aromatic rings. The summed E-state index contributed by atoms with van der Waals surface area (Å²) in [5.74, 6) is 0.465. The van der Waals surface area contributed by atoms with Crippen molar-refractivity contribution in [3.63, 3.8) is 0 Å². The number of amides is 1. The molecule has 126 valence electrons. The van der Waals surface area contributed by atoms with Crippen molar-refractivity contribution in [1.29, 1.82) is 0 Å². The van der Waals surface area contributed by atoms with Crippen LogP contribution in [0.1, 0.15) is 48.5 Å². The van der Waals surface area contributed by atoms with Crippen LogP contribution in [0.2, 0.25) is 0 Å². The van der Waals surface area contributed by atoms with E-state index in [2.05, 4.69) is 12.2 Å². The fourth-order valence-corrected chi connectivity index (χ4v) is 4.60. The number of carbonyl (C=O) groups excluding carboxylic acids is 1. The van der Waals surface area contributed by atoms with Gasteiger partial charge in [0.25, 0.3) is 5.91 Å². The maximum absolute atomic E-state index is 12.5. The number of hydrogen-bond acceptors (Lipinski definition) is 3. The van der Waals surface area contributed by atoms with Crippen LogP contribution >= 0.6 is 0 Å². The van der Waals surface area contributed by atoms with E-state index in [9.17, 15) is 13.2 Å². The number of benzene rings is 1. The Labute approximate surface area is 138 Å². The molecule has 5 nitrogen and oxygen atoms in total. The third-order valence-electron chi connectivity index (χ3n) is 5.02. The van der Waals surface area contributed by atoms with E-state index in [4.69, 9.17) is 0 Å². The van der Waals surface area contributed by atoms with Crippen LogP contribution in [0.5, 0.6) is 0 Å². The second-order valence-electron chi connectivity index (χ2n) is 6.77. The minimum atomic E-state index is -3.25. The van der Waals surface area contributed by atoms with Crippen molar-refractivity contribution >= 4 is 21.6 Å². The fraction of sp³-hybridized carbons (Fsp3) is 0.588. The maximum atomic E-state index is 12.5. The molecule has 1 fully saturated rings. The molecular formula is C17H24N2O3S. The van der Waals surface area contributed by atoms with Crippen molar-refractivity contribution in [2.24, 2.45) is 5.92 Å². The van der Waals surface area contributed by atoms with Crippen LogP contribution in [0.15, 0.2) is 18.2 Å². The lowest BCUT2D eigenvalue weighted by Gasteiger charge is -2.29. The third kappa shape index (κ3) is 3.37. The zero-order valence-corrected chi connectivity index (χ0v) is 14.5. The molecule has 23 heavy (non-hydrogen) atoms. The molecule has 1 heterocycles. The molecule has 0 aromatic heterocycles. The first kappa shape index (κ1) is 16.3. The first-order valence-corrected chi connectivity index (χ1v) is 10.1. The van der Waals surface area contributed by atoms with Crippen LogP contribution in [-0.4, -0.2) is 33.2 Å². The minimum Gasteiger partial charge on any atom is -0.349 e. The average molecular weight is 336 g/mol. The Kier molecular flexibility index (Phi) is 4.36. The minimum absolute atomic E-state index is 0.0515. The van der Waals surface area contributed by atoms with Crippen LogP contribution < -0.4 is 9.62 Å². The number of rotatable bonds is 3. The summed E-state index contributed by atoms with van der Waals surface area (Å²) in [6.07, 6.45) is 6.49. The van der Waals surface area contributed by atoms with Crippen molar-refractivity contribution in [3.05, 3.63) is 29.3 Å². The van der Waals surface area contributed by atoms with Gasteiger partial charge in [-0.25, -0.2) is 8.42 Å². The molecular weight excluding hydrogens is 312 g/mol. The topological polar surface area (TPSA) is 66.5 Å². The Morgan fingerprint density at radius 1 is 1.26 bits per heavy atom. The van der Waals surface area contributed by atoms with E-state index in [-0.39, 0.29) is 11.9 Å². The molecule has 0 unspecified atom stereocenters. The summed E-state index contributed by atoms with van der Waals surface area (Å²) in [4.78, 5) is 12.5. The normalized spacial score (nSPS) is 24.3. The van der Waals surface area contributed by atoms with Crippen LogP contribution in [0, 0.1) is 5.92 Å². The molecule has 6 heteroatoms. The number of anilines is 1. The van der Waals surface area contributed by atoms with Crippen LogP contribution in [0.3, 0.4) is 0 Å². The maximum Gasteiger partial charge on any atom is 0.251 e. The Hall–Kier alpha value is -1.56. The van der Waals surface area contributed by atoms with Gasteiger partial charge >= 0.3 is 0 Å². The van der Waals surface area contributed by atoms with E-state index < -0.39 is 10.0 Å². The molecule has 1 aliphatic heterocycles. The van der Waals surface area contributed by atoms with Crippen molar-refractivity contribution in [3.8, 4) is 0 Å². The molecule has 0 spiro atoms. The predicted molar refractivity (Wildman–Crippen MR) is 91.2 cm³/mol. The van der Waals surface area contributed by atoms with E-state index in [1.165, 1.54) is 29.8 Å². The lowest BCUT2D eigenvalue weighted by Crippen LogP contribution is -2.41. The molecule has 3 rings (SSSR count). The van der Waals surface area contributed by atoms with Crippen molar-refractivity contribution in [1.82, 2.24) is 5.32 Å². The second kappa shape index (κ2) is 6.15. The zero-order chi connectivity index (χ0) is 16.6. The largest absolute Gasteiger partial charge is 0.349 e. The molecule has 1 aromatic carbocycles. The van der Waals surface area contributed by atoms with Gasteiger partial charge in [-0.3, -0.25) is 9.10 Å². The van der Waals surface area contributed by atoms with Crippen molar-refractivity contribution in [2.75, 3.05) is 17.1 Å². The van der Waals surface area contributed by atoms with Gasteiger partial charge in [-0.1, -0.05) is 19.8 Å². The summed E-state index contributed by atoms with van der Waals surface area (Å²) in [6, 6.07) is 5.56. The van der Waals surface area contributed by atoms with E-state index in [1.54, 1.807) is 12.1 Å². The fourth-order valence-electron chi connectivity index (χ4n) is 3.64. The second-order valence-corrected chi connectivity index (χ2v) is 8.68. The molecule has 2 aliphatic rings. The monoisotopic (exact) mass is 336 g/mol. The van der Waals surface area contributed by atoms with E-state index >= 15 is 0 Å². The number of carbonyl (C=O) groups is 1. The van der Waals surface area contributed by atoms with E-state index in [1.807, 2.05) is 6.07 Å². The smallest absolute Gasteiger partial charge is 0.251 e. The average Bonchev–Trinajstić information content (AvgIpc) is 2.92. The highest BCUT2D eigenvalue weighted by molar-refractivity contribution is 7.92. The lowest BCUT2D eigenvalue weighted by molar-refractivity contribution is 0.0910. The SMILES string of the molecule is C[C@H]1CCCC[C@H]1NC(=O)c1ccc2c(c1)CCN2S(C)(=O)=O. The van der Waals surface area contributed by atoms with Gasteiger partial charge in [-0.05, 0) is 48.9 Å². The molecule has 0 bridgehead atoms. The first-order chi connectivity index (χ1) is 10.9. The van der Waals surface area contributed by atoms with Gasteiger partial charge in [-0.2, -0.15) is 0 Å². The van der Waals surface area contributed by atoms with Gasteiger partial charge in [0, 0.05) is 18.2 Å². The van der Waals surface area contributed by atoms with Crippen LogP contribution in [0.4, 0.5) is 5.69 Å². The van der Waals surface area contributed by atoms with Gasteiger partial charge in [0.1, 0.15) is 0 Å². The van der Waals surface area contributed by atoms with Crippen molar-refractivity contribution < 1.29 is 13.2 Å². The summed E-state index contributed by atoms with van der Waals surface area (Å²) in [6.45, 7) is 2.65. The standard InChI is InChI=1S/C17H24N2O3S/c1-12-5-3-4-6-15(12)18-17(20)14-7-8-16-13(11-14)9-10-19(16)23(2,21)22/h7-8,11-12,15H,3-6,9-10H2,1-2H3,(H,18,20)/t12-,15+/m0/s1. The summed E-state index contributed by atoms with van der Waals surface area (Å²) in [5.41, 5.74) is 2.26. The molecule has 2 atom stereocenters. The summed E-state index contributed by atoms with van der Waals surface area (Å²) in [7, 11) is -3.25. The van der Waals surface area contributed by atoms with Crippen LogP contribution in [0.25, 0.3) is 0 Å². The number of nitrogens with one attached hydrogen (secondary N) is 1. The summed E-state index contributed by atoms with van der Waals surface area (Å²) < 4.78 is 24.9. The molecule has 1 amide bonds. The molecule has 1 aliphatic carbocycles. The molecule has 1 N–H and O–H groups in total. The molecule has 0 radical (unpaired) electrons. The Morgan fingerprint density at radius 3 is 2.70 bits per heavy atom. The van der Waals surface area contributed by atoms with Gasteiger partial charge in [0.2, 0.25) is 10.0 Å². The van der Waals surface area contributed by atoms with E-state index in [0.717, 1.165) is 12.0 Å². The number of fused-ring (bicyclic) bond motifs is 1. The third-order valence-corrected chi connectivity index (χ3v) is 6.20. The Bertz CT molecular complexity index is 715. The highest BCUT2D eigenvalue weighted by Crippen LogP contribution is 2.31. The lowest BCUT2D eigenvalue weighted by atomic mass is 9.86. The predicted octanol–water partition coefficient (Wildman–Crippen LogP) is 2.32. The highest BCUT2D eigenvalue weighted by Gasteiger charge is 2.28. The summed E-state index contributed by atoms with van der Waals surface area (Å²) in [5, 5.41) is 3.15. The van der Waals surface area contributed by atoms with Gasteiger partial charge < -0.3 is 5.32 Å². The molecule has 1 saturated carbocycles. The Balaban J connectivity index is 1.76. The summed E-state index contributed by atoms with van der Waals surface area (Å²) >= 11 is 0. The first-order valence-electron chi connectivity index (χ1n) is 8.28. The zero-order valence-electron chi connectivity index (χ0n) is 13.7. The number of sulfonamides is 1. The van der Waals surface area contributed by atoms with Gasteiger partial charge in [0.15, 0.2) is 0 Å². The van der Waals surface area contributed by atoms with E-state index in [0.29, 0.717) is 30.1 Å². The Morgan fingerprint density at radius 2 is 2.00 bits per heavy atom. The van der Waals surface area contributed by atoms with Crippen LogP contribution in [-0.2, 0) is 16.4 Å². The quantitative estimate of drug-likeness (QED) is 0.921. The number of hydrogen-bond donors (Lipinski definition) is 1. The number of nitrogens with zero attached hydrogens (tertiary/aromatic N) is 1. The van der Waals surface area contributed by atoms with Crippen molar-refractivity contribution in [2.45, 2.75) is 45.1 Å². The highest BCUT2D eigenvalue weighted by atomic mass is 32.2. The molecule has 0 saturated heterocycles. The van der Waals surface area contributed by atoms with Gasteiger partial charge in [0.05, 0.1) is 11.9 Å². The van der Waals surface area contributed by atoms with Gasteiger partial charge in [-0.15, -0.1) is 0 Å².